The second-order valence-corrected chi connectivity index (χ2v) is 19.1. The molecule has 0 unspecified atom stereocenters. The lowest BCUT2D eigenvalue weighted by molar-refractivity contribution is -0.146. The summed E-state index contributed by atoms with van der Waals surface area (Å²) in [6.45, 7) is 10.6. The zero-order chi connectivity index (χ0) is 36.5. The van der Waals surface area contributed by atoms with E-state index in [-0.39, 0.29) is 28.9 Å². The van der Waals surface area contributed by atoms with Crippen molar-refractivity contribution in [1.82, 2.24) is 26.2 Å². The molecule has 0 bridgehead atoms. The number of likely N-dealkylation sites (tertiary alicyclic amines) is 1. The molecular formula is C37H61N5O7S. The van der Waals surface area contributed by atoms with Crippen molar-refractivity contribution in [2.24, 2.45) is 22.7 Å². The quantitative estimate of drug-likeness (QED) is 0.210. The van der Waals surface area contributed by atoms with Gasteiger partial charge in [-0.1, -0.05) is 79.1 Å². The molecular weight excluding hydrogens is 659 g/mol. The summed E-state index contributed by atoms with van der Waals surface area (Å²) in [7, 11) is -3.35. The van der Waals surface area contributed by atoms with E-state index in [1.54, 1.807) is 11.8 Å². The molecule has 282 valence electrons. The first kappa shape index (κ1) is 38.5. The minimum absolute atomic E-state index is 0.0853. The normalized spacial score (nSPS) is 29.9. The average Bonchev–Trinajstić information content (AvgIpc) is 3.37. The number of fused-ring (bicyclic) bond motifs is 1. The predicted octanol–water partition coefficient (Wildman–Crippen LogP) is 3.77. The van der Waals surface area contributed by atoms with Gasteiger partial charge in [0.25, 0.3) is 5.91 Å². The Bertz CT molecular complexity index is 1420. The lowest BCUT2D eigenvalue weighted by Gasteiger charge is -2.45. The summed E-state index contributed by atoms with van der Waals surface area (Å²) in [6.07, 6.45) is 11.0. The Hall–Kier alpha value is -2.70. The third-order valence-electron chi connectivity index (χ3n) is 13.1. The van der Waals surface area contributed by atoms with Gasteiger partial charge in [-0.05, 0) is 74.5 Å². The molecule has 50 heavy (non-hydrogen) atoms. The molecule has 5 aliphatic rings. The molecule has 5 rings (SSSR count). The lowest BCUT2D eigenvalue weighted by atomic mass is 9.70. The molecule has 5 fully saturated rings. The maximum absolute atomic E-state index is 14.9. The van der Waals surface area contributed by atoms with E-state index in [2.05, 4.69) is 35.1 Å². The Labute approximate surface area is 298 Å². The van der Waals surface area contributed by atoms with E-state index < -0.39 is 67.8 Å². The van der Waals surface area contributed by atoms with Crippen LogP contribution in [0.15, 0.2) is 0 Å². The maximum Gasteiger partial charge on any atom is 0.315 e. The van der Waals surface area contributed by atoms with Gasteiger partial charge in [0.05, 0.1) is 22.6 Å². The number of likely N-dealkylation sites (N-methyl/N-ethyl adjacent to an activating group) is 1. The first-order chi connectivity index (χ1) is 23.6. The average molecular weight is 720 g/mol. The number of urea groups is 1. The summed E-state index contributed by atoms with van der Waals surface area (Å²) in [6, 6.07) is -3.30. The number of unbranched alkanes of at least 4 members (excludes halogenated alkanes) is 1. The summed E-state index contributed by atoms with van der Waals surface area (Å²) in [4.78, 5) is 70.4. The zero-order valence-corrected chi connectivity index (χ0v) is 31.7. The number of carbonyl (C=O) groups excluding carboxylic acids is 5. The molecule has 2 aliphatic heterocycles. The van der Waals surface area contributed by atoms with Crippen LogP contribution in [0.25, 0.3) is 0 Å². The highest BCUT2D eigenvalue weighted by Crippen LogP contribution is 2.65. The predicted molar refractivity (Wildman–Crippen MR) is 191 cm³/mol. The highest BCUT2D eigenvalue weighted by Gasteiger charge is 2.70. The summed E-state index contributed by atoms with van der Waals surface area (Å²) >= 11 is 0. The van der Waals surface area contributed by atoms with Crippen LogP contribution in [0, 0.1) is 22.7 Å². The van der Waals surface area contributed by atoms with E-state index in [1.165, 1.54) is 0 Å². The van der Waals surface area contributed by atoms with Crippen LogP contribution in [0.1, 0.15) is 131 Å². The summed E-state index contributed by atoms with van der Waals surface area (Å²) < 4.78 is 26.3. The zero-order valence-electron chi connectivity index (χ0n) is 30.9. The molecule has 12 nitrogen and oxygen atoms in total. The van der Waals surface area contributed by atoms with Crippen molar-refractivity contribution in [3.63, 3.8) is 0 Å². The van der Waals surface area contributed by atoms with Crippen LogP contribution in [0.4, 0.5) is 4.79 Å². The monoisotopic (exact) mass is 719 g/mol. The highest BCUT2D eigenvalue weighted by atomic mass is 32.2. The molecule has 6 atom stereocenters. The molecule has 2 saturated heterocycles. The Morgan fingerprint density at radius 3 is 2.08 bits per heavy atom. The molecule has 5 amide bonds. The fourth-order valence-corrected chi connectivity index (χ4v) is 12.4. The summed E-state index contributed by atoms with van der Waals surface area (Å²) in [5, 5.41) is 11.0. The second-order valence-electron chi connectivity index (χ2n) is 16.8. The van der Waals surface area contributed by atoms with Gasteiger partial charge < -0.3 is 26.2 Å². The van der Waals surface area contributed by atoms with Crippen molar-refractivity contribution in [3.05, 3.63) is 0 Å². The molecule has 0 radical (unpaired) electrons. The van der Waals surface area contributed by atoms with Crippen molar-refractivity contribution < 1.29 is 32.4 Å². The van der Waals surface area contributed by atoms with Crippen molar-refractivity contribution in [1.29, 1.82) is 0 Å². The number of ketones is 1. The summed E-state index contributed by atoms with van der Waals surface area (Å²) in [5.41, 5.74) is -1.62. The molecule has 3 saturated carbocycles. The standard InChI is InChI=1S/C37H61N5O7S/c1-6-8-16-25(29(43)32(45)38-7-2)39-31(44)28-27-24(35(27,3)4)23-42(28)33(46)30(36(5)18-11-9-12-19-36)40-34(47)41-37(20-13-10-14-21-37)26-17-15-22-50(26,48)49/h24-28,30H,6-23H2,1-5H3,(H,38,45)(H,39,44)(H2,40,41,47)/t24-,25-,26-,27-,28-,30+/m0/s1. The number of sulfone groups is 1. The lowest BCUT2D eigenvalue weighted by Crippen LogP contribution is -2.66. The van der Waals surface area contributed by atoms with E-state index in [9.17, 15) is 32.4 Å². The SMILES string of the molecule is CCCC[C@H](NC(=O)[C@@H]1[C@@H]2[C@H](CN1C(=O)[C@@H](NC(=O)NC1([C@@H]3CCCS3(=O)=O)CCCCC1)C1(C)CCCCC1)C2(C)C)C(=O)C(=O)NCC. The second kappa shape index (κ2) is 15.1. The van der Waals surface area contributed by atoms with Crippen LogP contribution < -0.4 is 21.3 Å². The van der Waals surface area contributed by atoms with E-state index in [1.807, 2.05) is 13.8 Å². The van der Waals surface area contributed by atoms with Gasteiger partial charge >= 0.3 is 6.03 Å². The largest absolute Gasteiger partial charge is 0.350 e. The van der Waals surface area contributed by atoms with Gasteiger partial charge in [-0.2, -0.15) is 0 Å². The van der Waals surface area contributed by atoms with Crippen LogP contribution in [0.5, 0.6) is 0 Å². The molecule has 13 heteroatoms. The van der Waals surface area contributed by atoms with Crippen molar-refractivity contribution in [2.75, 3.05) is 18.8 Å². The first-order valence-corrected chi connectivity index (χ1v) is 21.1. The topological polar surface area (TPSA) is 171 Å². The molecule has 0 spiro atoms. The maximum atomic E-state index is 14.9. The van der Waals surface area contributed by atoms with Crippen LogP contribution >= 0.6 is 0 Å². The van der Waals surface area contributed by atoms with Crippen LogP contribution in [-0.4, -0.2) is 90.6 Å². The fraction of sp³-hybridized carbons (Fsp3) is 0.865. The number of carbonyl (C=O) groups is 5. The minimum Gasteiger partial charge on any atom is -0.350 e. The van der Waals surface area contributed by atoms with Crippen LogP contribution in [0.3, 0.4) is 0 Å². The molecule has 3 aliphatic carbocycles. The van der Waals surface area contributed by atoms with Gasteiger partial charge in [0, 0.05) is 13.1 Å². The van der Waals surface area contributed by atoms with Gasteiger partial charge in [-0.25, -0.2) is 13.2 Å². The number of hydrogen-bond acceptors (Lipinski definition) is 7. The first-order valence-electron chi connectivity index (χ1n) is 19.3. The molecule has 0 aromatic rings. The van der Waals surface area contributed by atoms with Gasteiger partial charge in [0.2, 0.25) is 17.6 Å². The number of nitrogens with one attached hydrogen (secondary N) is 4. The third-order valence-corrected chi connectivity index (χ3v) is 15.5. The number of nitrogens with zero attached hydrogens (tertiary/aromatic N) is 1. The number of rotatable bonds is 13. The van der Waals surface area contributed by atoms with E-state index in [0.29, 0.717) is 51.6 Å². The Morgan fingerprint density at radius 1 is 0.860 bits per heavy atom. The van der Waals surface area contributed by atoms with Crippen LogP contribution in [0.2, 0.25) is 0 Å². The summed E-state index contributed by atoms with van der Waals surface area (Å²) in [5.74, 6) is -2.10. The number of hydrogen-bond donors (Lipinski definition) is 4. The molecule has 4 N–H and O–H groups in total. The number of piperidine rings is 1. The number of Topliss-reactive ketones (excluding diaryl/α,β-unsaturated/α-hetero) is 1. The molecule has 0 aromatic heterocycles. The Morgan fingerprint density at radius 2 is 1.50 bits per heavy atom. The minimum atomic E-state index is -3.35. The van der Waals surface area contributed by atoms with E-state index in [4.69, 9.17) is 0 Å². The van der Waals surface area contributed by atoms with Gasteiger partial charge in [0.1, 0.15) is 12.1 Å². The molecule has 2 heterocycles. The van der Waals surface area contributed by atoms with E-state index in [0.717, 1.165) is 57.8 Å². The Kier molecular flexibility index (Phi) is 11.6. The van der Waals surface area contributed by atoms with Gasteiger partial charge in [-0.3, -0.25) is 19.2 Å². The van der Waals surface area contributed by atoms with Crippen molar-refractivity contribution in [2.45, 2.75) is 160 Å². The third kappa shape index (κ3) is 7.58. The highest BCUT2D eigenvalue weighted by molar-refractivity contribution is 7.92. The van der Waals surface area contributed by atoms with Crippen LogP contribution in [-0.2, 0) is 29.0 Å². The Balaban J connectivity index is 1.41. The smallest absolute Gasteiger partial charge is 0.315 e. The fourth-order valence-electron chi connectivity index (χ4n) is 10.0. The van der Waals surface area contributed by atoms with Crippen molar-refractivity contribution in [3.8, 4) is 0 Å². The number of amides is 5. The van der Waals surface area contributed by atoms with Gasteiger partial charge in [-0.15, -0.1) is 0 Å². The van der Waals surface area contributed by atoms with E-state index >= 15 is 0 Å². The van der Waals surface area contributed by atoms with Gasteiger partial charge in [0.15, 0.2) is 9.84 Å². The molecule has 0 aromatic carbocycles. The van der Waals surface area contributed by atoms with Crippen molar-refractivity contribution >= 4 is 39.4 Å².